The van der Waals surface area contributed by atoms with Gasteiger partial charge in [0.15, 0.2) is 0 Å². The average molecular weight is 327 g/mol. The van der Waals surface area contributed by atoms with Gasteiger partial charge in [-0.1, -0.05) is 43.0 Å². The number of esters is 1. The van der Waals surface area contributed by atoms with E-state index >= 15 is 0 Å². The zero-order valence-corrected chi connectivity index (χ0v) is 14.4. The quantitative estimate of drug-likeness (QED) is 0.453. The summed E-state index contributed by atoms with van der Waals surface area (Å²) >= 11 is 0. The second kappa shape index (κ2) is 11.1. The zero-order valence-electron chi connectivity index (χ0n) is 14.4. The Bertz CT molecular complexity index is 621. The summed E-state index contributed by atoms with van der Waals surface area (Å²) in [6, 6.07) is 8.04. The van der Waals surface area contributed by atoms with Crippen molar-refractivity contribution in [1.82, 2.24) is 0 Å². The van der Waals surface area contributed by atoms with Crippen LogP contribution in [0.15, 0.2) is 36.4 Å². The summed E-state index contributed by atoms with van der Waals surface area (Å²) < 4.78 is 4.56. The predicted octanol–water partition coefficient (Wildman–Crippen LogP) is 2.99. The molecule has 1 atom stereocenters. The van der Waals surface area contributed by atoms with Crippen LogP contribution in [0, 0.1) is 17.8 Å². The monoisotopic (exact) mass is 327 g/mol. The lowest BCUT2D eigenvalue weighted by Gasteiger charge is -2.03. The summed E-state index contributed by atoms with van der Waals surface area (Å²) in [5.74, 6) is 5.85. The normalized spacial score (nSPS) is 11.6. The molecule has 0 aliphatic carbocycles. The number of primary amides is 1. The van der Waals surface area contributed by atoms with Crippen molar-refractivity contribution in [3.63, 3.8) is 0 Å². The largest absolute Gasteiger partial charge is 0.469 e. The highest BCUT2D eigenvalue weighted by Crippen LogP contribution is 2.09. The number of benzene rings is 1. The lowest BCUT2D eigenvalue weighted by atomic mass is 10.0. The van der Waals surface area contributed by atoms with Crippen LogP contribution in [0.25, 0.3) is 0 Å². The maximum Gasteiger partial charge on any atom is 0.306 e. The fraction of sp³-hybridized carbons (Fsp3) is 0.400. The van der Waals surface area contributed by atoms with Gasteiger partial charge in [-0.05, 0) is 36.5 Å². The zero-order chi connectivity index (χ0) is 17.8. The first kappa shape index (κ1) is 19.5. The Hall–Kier alpha value is -2.54. The van der Waals surface area contributed by atoms with Crippen LogP contribution in [0.2, 0.25) is 0 Å². The summed E-state index contributed by atoms with van der Waals surface area (Å²) in [6.45, 7) is 2.08. The highest BCUT2D eigenvalue weighted by Gasteiger charge is 2.00. The summed E-state index contributed by atoms with van der Waals surface area (Å²) in [7, 11) is 1.38. The molecule has 1 amide bonds. The fourth-order valence-corrected chi connectivity index (χ4v) is 2.06. The van der Waals surface area contributed by atoms with Gasteiger partial charge in [0.05, 0.1) is 13.5 Å². The molecule has 0 aliphatic rings. The topological polar surface area (TPSA) is 69.4 Å². The van der Waals surface area contributed by atoms with E-state index in [1.165, 1.54) is 12.7 Å². The number of carbonyl (C=O) groups excluding carboxylic acids is 2. The molecule has 1 rings (SSSR count). The van der Waals surface area contributed by atoms with Gasteiger partial charge >= 0.3 is 5.97 Å². The average Bonchev–Trinajstić information content (AvgIpc) is 2.58. The van der Waals surface area contributed by atoms with Crippen molar-refractivity contribution in [2.75, 3.05) is 7.11 Å². The Kier molecular flexibility index (Phi) is 8.99. The van der Waals surface area contributed by atoms with Crippen LogP contribution in [-0.4, -0.2) is 19.0 Å². The number of hydrogen-bond acceptors (Lipinski definition) is 3. The minimum absolute atomic E-state index is 0.239. The van der Waals surface area contributed by atoms with Gasteiger partial charge in [0.25, 0.3) is 0 Å². The molecule has 1 aromatic carbocycles. The Labute approximate surface area is 144 Å². The number of hydrogen-bond donors (Lipinski definition) is 1. The number of carbonyl (C=O) groups is 2. The standard InChI is InChI=1S/C20H25NO3/c1-16(10-15-19(21)22)6-5-8-18-13-11-17(12-14-18)7-3-4-9-20(23)24-2/h5-6,11-14,16H,4,8-10,15H2,1-2H3,(H2,21,22)/b6-5+/t16-/m1/s1. The molecular formula is C20H25NO3. The van der Waals surface area contributed by atoms with E-state index in [-0.39, 0.29) is 11.9 Å². The third kappa shape index (κ3) is 8.79. The van der Waals surface area contributed by atoms with Crippen molar-refractivity contribution in [1.29, 1.82) is 0 Å². The molecule has 128 valence electrons. The molecule has 1 aromatic rings. The van der Waals surface area contributed by atoms with Gasteiger partial charge in [-0.25, -0.2) is 0 Å². The van der Waals surface area contributed by atoms with Crippen LogP contribution < -0.4 is 5.73 Å². The summed E-state index contributed by atoms with van der Waals surface area (Å²) in [5, 5.41) is 0. The van der Waals surface area contributed by atoms with Crippen LogP contribution in [0.3, 0.4) is 0 Å². The molecule has 2 N–H and O–H groups in total. The van der Waals surface area contributed by atoms with Crippen molar-refractivity contribution >= 4 is 11.9 Å². The Balaban J connectivity index is 2.40. The molecule has 24 heavy (non-hydrogen) atoms. The minimum Gasteiger partial charge on any atom is -0.469 e. The second-order valence-corrected chi connectivity index (χ2v) is 5.69. The Morgan fingerprint density at radius 1 is 1.25 bits per heavy atom. The summed E-state index contributed by atoms with van der Waals surface area (Å²) in [6.07, 6.45) is 7.10. The van der Waals surface area contributed by atoms with E-state index in [9.17, 15) is 9.59 Å². The lowest BCUT2D eigenvalue weighted by molar-refractivity contribution is -0.140. The number of ether oxygens (including phenoxy) is 1. The highest BCUT2D eigenvalue weighted by atomic mass is 16.5. The molecule has 0 spiro atoms. The number of allylic oxidation sites excluding steroid dienone is 2. The molecule has 0 unspecified atom stereocenters. The third-order valence-electron chi connectivity index (χ3n) is 3.53. The third-order valence-corrected chi connectivity index (χ3v) is 3.53. The maximum atomic E-state index is 11.0. The van der Waals surface area contributed by atoms with E-state index in [0.717, 1.165) is 18.4 Å². The molecule has 0 bridgehead atoms. The second-order valence-electron chi connectivity index (χ2n) is 5.69. The Morgan fingerprint density at radius 3 is 2.58 bits per heavy atom. The SMILES string of the molecule is COC(=O)CCC#Cc1ccc(C/C=C/[C@@H](C)CCC(N)=O)cc1. The smallest absolute Gasteiger partial charge is 0.306 e. The van der Waals surface area contributed by atoms with Crippen LogP contribution in [-0.2, 0) is 20.7 Å². The maximum absolute atomic E-state index is 11.0. The van der Waals surface area contributed by atoms with Gasteiger partial charge in [-0.15, -0.1) is 0 Å². The van der Waals surface area contributed by atoms with Crippen LogP contribution in [0.1, 0.15) is 43.7 Å². The van der Waals surface area contributed by atoms with Crippen LogP contribution >= 0.6 is 0 Å². The molecule has 0 aromatic heterocycles. The molecule has 0 saturated heterocycles. The van der Waals surface area contributed by atoms with Crippen molar-refractivity contribution in [2.24, 2.45) is 11.7 Å². The molecule has 0 aliphatic heterocycles. The molecule has 0 heterocycles. The fourth-order valence-electron chi connectivity index (χ4n) is 2.06. The van der Waals surface area contributed by atoms with Crippen molar-refractivity contribution in [2.45, 2.75) is 39.0 Å². The highest BCUT2D eigenvalue weighted by molar-refractivity contribution is 5.73. The van der Waals surface area contributed by atoms with E-state index in [2.05, 4.69) is 35.7 Å². The first-order valence-corrected chi connectivity index (χ1v) is 8.11. The van der Waals surface area contributed by atoms with Gasteiger partial charge in [0.1, 0.15) is 0 Å². The van der Waals surface area contributed by atoms with Crippen LogP contribution in [0.4, 0.5) is 0 Å². The first-order chi connectivity index (χ1) is 11.5. The predicted molar refractivity (Wildman–Crippen MR) is 95.0 cm³/mol. The van der Waals surface area contributed by atoms with E-state index in [1.54, 1.807) is 0 Å². The van der Waals surface area contributed by atoms with Crippen molar-refractivity contribution < 1.29 is 14.3 Å². The van der Waals surface area contributed by atoms with Gasteiger partial charge in [-0.2, -0.15) is 0 Å². The molecular weight excluding hydrogens is 302 g/mol. The minimum atomic E-state index is -0.251. The molecule has 0 saturated carbocycles. The Morgan fingerprint density at radius 2 is 1.96 bits per heavy atom. The van der Waals surface area contributed by atoms with Gasteiger partial charge < -0.3 is 10.5 Å². The number of rotatable bonds is 8. The lowest BCUT2D eigenvalue weighted by Crippen LogP contribution is -2.11. The van der Waals surface area contributed by atoms with Gasteiger partial charge in [-0.3, -0.25) is 9.59 Å². The number of amides is 1. The van der Waals surface area contributed by atoms with Gasteiger partial charge in [0, 0.05) is 18.4 Å². The molecule has 4 heteroatoms. The van der Waals surface area contributed by atoms with Crippen molar-refractivity contribution in [3.8, 4) is 11.8 Å². The molecule has 0 fully saturated rings. The number of nitrogens with two attached hydrogens (primary N) is 1. The first-order valence-electron chi connectivity index (χ1n) is 8.11. The van der Waals surface area contributed by atoms with E-state index in [4.69, 9.17) is 5.73 Å². The van der Waals surface area contributed by atoms with E-state index < -0.39 is 0 Å². The summed E-state index contributed by atoms with van der Waals surface area (Å²) in [5.41, 5.74) is 7.28. The van der Waals surface area contributed by atoms with E-state index in [1.807, 2.05) is 24.3 Å². The van der Waals surface area contributed by atoms with Gasteiger partial charge in [0.2, 0.25) is 5.91 Å². The number of methoxy groups -OCH3 is 1. The van der Waals surface area contributed by atoms with Crippen molar-refractivity contribution in [3.05, 3.63) is 47.5 Å². The molecule has 4 nitrogen and oxygen atoms in total. The molecule has 0 radical (unpaired) electrons. The summed E-state index contributed by atoms with van der Waals surface area (Å²) in [4.78, 5) is 21.7. The van der Waals surface area contributed by atoms with E-state index in [0.29, 0.717) is 25.2 Å². The van der Waals surface area contributed by atoms with Crippen LogP contribution in [0.5, 0.6) is 0 Å².